The van der Waals surface area contributed by atoms with Crippen molar-refractivity contribution in [1.82, 2.24) is 14.8 Å². The number of piperazine rings is 1. The summed E-state index contributed by atoms with van der Waals surface area (Å²) in [4.78, 5) is 40.2. The molecular weight excluding hydrogens is 500 g/mol. The van der Waals surface area contributed by atoms with Gasteiger partial charge in [0.05, 0.1) is 22.3 Å². The quantitative estimate of drug-likeness (QED) is 0.463. The fourth-order valence-electron chi connectivity index (χ4n) is 5.92. The zero-order valence-corrected chi connectivity index (χ0v) is 21.6. The van der Waals surface area contributed by atoms with Crippen LogP contribution in [0.4, 0.5) is 14.5 Å². The van der Waals surface area contributed by atoms with Crippen molar-refractivity contribution >= 4 is 28.4 Å². The van der Waals surface area contributed by atoms with Gasteiger partial charge in [0.25, 0.3) is 11.4 Å². The number of pyridine rings is 1. The van der Waals surface area contributed by atoms with Crippen LogP contribution >= 0.6 is 0 Å². The number of amides is 2. The molecule has 0 bridgehead atoms. The summed E-state index contributed by atoms with van der Waals surface area (Å²) >= 11 is 0. The summed E-state index contributed by atoms with van der Waals surface area (Å²) in [6, 6.07) is 10.7. The number of carbonyl (C=O) groups excluding carboxylic acids is 2. The highest BCUT2D eigenvalue weighted by Gasteiger charge is 2.45. The normalized spacial score (nSPS) is 19.2. The number of halogens is 2. The van der Waals surface area contributed by atoms with E-state index in [-0.39, 0.29) is 17.7 Å². The standard InChI is InChI=1S/C30H29F2N5O2/c1-33-30(24-4-2-3-5-25(24)32)10-12-35(13-11-30)27-22-18-21(31)8-9-26(22)34-19-23(27)29(39)37-16-14-36(15-17-37)28(38)20-6-7-20/h2-5,8-9,18-20H,6-7,10-17H2. The van der Waals surface area contributed by atoms with E-state index in [1.165, 1.54) is 18.2 Å². The molecule has 3 heterocycles. The minimum Gasteiger partial charge on any atom is -0.370 e. The molecule has 2 aromatic carbocycles. The molecule has 3 fully saturated rings. The monoisotopic (exact) mass is 529 g/mol. The van der Waals surface area contributed by atoms with Crippen LogP contribution < -0.4 is 4.90 Å². The van der Waals surface area contributed by atoms with Crippen molar-refractivity contribution in [3.05, 3.63) is 82.8 Å². The third kappa shape index (κ3) is 4.58. The summed E-state index contributed by atoms with van der Waals surface area (Å²) < 4.78 is 29.1. The molecular formula is C30H29F2N5O2. The second kappa shape index (κ2) is 9.92. The summed E-state index contributed by atoms with van der Waals surface area (Å²) in [7, 11) is 0. The maximum atomic E-state index is 14.7. The number of anilines is 1. The second-order valence-electron chi connectivity index (χ2n) is 10.7. The number of aromatic nitrogens is 1. The number of hydrogen-bond acceptors (Lipinski definition) is 4. The van der Waals surface area contributed by atoms with E-state index < -0.39 is 17.2 Å². The Kier molecular flexibility index (Phi) is 6.42. The number of rotatable bonds is 4. The molecule has 1 saturated carbocycles. The van der Waals surface area contributed by atoms with Crippen LogP contribution in [0.1, 0.15) is 41.6 Å². The number of hydrogen-bond donors (Lipinski definition) is 0. The lowest BCUT2D eigenvalue weighted by Gasteiger charge is -2.38. The van der Waals surface area contributed by atoms with Crippen LogP contribution in [0, 0.1) is 24.1 Å². The molecule has 39 heavy (non-hydrogen) atoms. The van der Waals surface area contributed by atoms with Crippen molar-refractivity contribution in [3.63, 3.8) is 0 Å². The smallest absolute Gasteiger partial charge is 0.263 e. The van der Waals surface area contributed by atoms with E-state index in [1.54, 1.807) is 35.4 Å². The van der Waals surface area contributed by atoms with E-state index in [2.05, 4.69) is 9.83 Å². The van der Waals surface area contributed by atoms with Crippen LogP contribution in [0.15, 0.2) is 48.7 Å². The Labute approximate surface area is 225 Å². The van der Waals surface area contributed by atoms with E-state index in [9.17, 15) is 18.4 Å². The number of piperidine rings is 1. The van der Waals surface area contributed by atoms with Gasteiger partial charge in [-0.05, 0) is 43.2 Å². The number of benzene rings is 2. The molecule has 3 aromatic rings. The van der Waals surface area contributed by atoms with Crippen LogP contribution in [-0.2, 0) is 10.3 Å². The predicted octanol–water partition coefficient (Wildman–Crippen LogP) is 4.62. The van der Waals surface area contributed by atoms with E-state index in [0.717, 1.165) is 12.8 Å². The lowest BCUT2D eigenvalue weighted by atomic mass is 9.81. The summed E-state index contributed by atoms with van der Waals surface area (Å²) in [6.07, 6.45) is 4.18. The minimum atomic E-state index is -0.996. The van der Waals surface area contributed by atoms with Gasteiger partial charge in [0, 0.05) is 69.6 Å². The third-order valence-corrected chi connectivity index (χ3v) is 8.33. The van der Waals surface area contributed by atoms with E-state index in [0.29, 0.717) is 79.8 Å². The molecule has 0 atom stereocenters. The predicted molar refractivity (Wildman–Crippen MR) is 143 cm³/mol. The molecule has 2 saturated heterocycles. The zero-order valence-electron chi connectivity index (χ0n) is 21.6. The fourth-order valence-corrected chi connectivity index (χ4v) is 5.92. The van der Waals surface area contributed by atoms with Crippen molar-refractivity contribution in [2.24, 2.45) is 5.92 Å². The first-order valence-corrected chi connectivity index (χ1v) is 13.4. The average Bonchev–Trinajstić information content (AvgIpc) is 3.82. The van der Waals surface area contributed by atoms with Crippen molar-refractivity contribution in [1.29, 1.82) is 0 Å². The first-order valence-electron chi connectivity index (χ1n) is 13.4. The van der Waals surface area contributed by atoms with Crippen LogP contribution in [-0.4, -0.2) is 65.9 Å². The second-order valence-corrected chi connectivity index (χ2v) is 10.7. The first-order chi connectivity index (χ1) is 18.9. The fraction of sp³-hybridized carbons (Fsp3) is 0.400. The van der Waals surface area contributed by atoms with Crippen LogP contribution in [0.25, 0.3) is 15.7 Å². The van der Waals surface area contributed by atoms with Gasteiger partial charge in [0.2, 0.25) is 5.91 Å². The van der Waals surface area contributed by atoms with Crippen molar-refractivity contribution in [3.8, 4) is 0 Å². The molecule has 0 N–H and O–H groups in total. The zero-order chi connectivity index (χ0) is 27.1. The number of fused-ring (bicyclic) bond motifs is 1. The van der Waals surface area contributed by atoms with Gasteiger partial charge in [0.15, 0.2) is 0 Å². The maximum absolute atomic E-state index is 14.7. The highest BCUT2D eigenvalue weighted by atomic mass is 19.1. The summed E-state index contributed by atoms with van der Waals surface area (Å²) in [5, 5.41) is 0.532. The van der Waals surface area contributed by atoms with Crippen LogP contribution in [0.2, 0.25) is 0 Å². The minimum absolute atomic E-state index is 0.143. The molecule has 200 valence electrons. The SMILES string of the molecule is [C-]#[N+]C1(c2ccccc2F)CCN(c2c(C(=O)N3CCN(C(=O)C4CC4)CC3)cnc3ccc(F)cc23)CC1. The lowest BCUT2D eigenvalue weighted by molar-refractivity contribution is -0.134. The van der Waals surface area contributed by atoms with Gasteiger partial charge >= 0.3 is 0 Å². The molecule has 0 unspecified atom stereocenters. The lowest BCUT2D eigenvalue weighted by Crippen LogP contribution is -2.51. The Bertz CT molecular complexity index is 1480. The van der Waals surface area contributed by atoms with Gasteiger partial charge in [-0.1, -0.05) is 12.1 Å². The summed E-state index contributed by atoms with van der Waals surface area (Å²) in [6.45, 7) is 10.5. The molecule has 6 rings (SSSR count). The third-order valence-electron chi connectivity index (χ3n) is 8.33. The highest BCUT2D eigenvalue weighted by molar-refractivity contribution is 6.07. The van der Waals surface area contributed by atoms with Gasteiger partial charge in [-0.15, -0.1) is 0 Å². The van der Waals surface area contributed by atoms with Gasteiger partial charge in [-0.25, -0.2) is 15.4 Å². The molecule has 9 heteroatoms. The van der Waals surface area contributed by atoms with Gasteiger partial charge < -0.3 is 19.5 Å². The molecule has 2 amide bonds. The number of nitrogens with zero attached hydrogens (tertiary/aromatic N) is 5. The van der Waals surface area contributed by atoms with E-state index in [1.807, 2.05) is 9.80 Å². The first kappa shape index (κ1) is 25.2. The molecule has 2 aliphatic heterocycles. The van der Waals surface area contributed by atoms with Crippen molar-refractivity contribution in [2.75, 3.05) is 44.2 Å². The van der Waals surface area contributed by atoms with Gasteiger partial charge in [-0.2, -0.15) is 0 Å². The number of carbonyl (C=O) groups is 2. The topological polar surface area (TPSA) is 61.1 Å². The Hall–Kier alpha value is -4.06. The van der Waals surface area contributed by atoms with E-state index >= 15 is 0 Å². The molecule has 7 nitrogen and oxygen atoms in total. The van der Waals surface area contributed by atoms with Gasteiger partial charge in [0.1, 0.15) is 11.6 Å². The van der Waals surface area contributed by atoms with E-state index in [4.69, 9.17) is 6.57 Å². The van der Waals surface area contributed by atoms with Gasteiger partial charge in [-0.3, -0.25) is 14.6 Å². The molecule has 0 radical (unpaired) electrons. The molecule has 3 aliphatic rings. The maximum Gasteiger partial charge on any atom is 0.263 e. The molecule has 1 aliphatic carbocycles. The average molecular weight is 530 g/mol. The Morgan fingerprint density at radius 2 is 1.64 bits per heavy atom. The summed E-state index contributed by atoms with van der Waals surface area (Å²) in [5.74, 6) is -0.713. The van der Waals surface area contributed by atoms with Crippen LogP contribution in [0.5, 0.6) is 0 Å². The Balaban J connectivity index is 1.30. The van der Waals surface area contributed by atoms with Crippen molar-refractivity contribution in [2.45, 2.75) is 31.2 Å². The Morgan fingerprint density at radius 3 is 2.31 bits per heavy atom. The summed E-state index contributed by atoms with van der Waals surface area (Å²) in [5.41, 5.74) is 0.924. The molecule has 1 aromatic heterocycles. The van der Waals surface area contributed by atoms with Crippen molar-refractivity contribution < 1.29 is 18.4 Å². The Morgan fingerprint density at radius 1 is 0.949 bits per heavy atom. The highest BCUT2D eigenvalue weighted by Crippen LogP contribution is 2.42. The van der Waals surface area contributed by atoms with Crippen LogP contribution in [0.3, 0.4) is 0 Å². The largest absolute Gasteiger partial charge is 0.370 e. The molecule has 0 spiro atoms.